The van der Waals surface area contributed by atoms with Gasteiger partial charge in [0.1, 0.15) is 17.2 Å². The standard InChI is InChI=1S/C19H18ClFN8O4/c1-10-13-9-23-19(20)24-16(13)27(25-10)5-4-6-33-18-15(29(30)31)11(2)28(26-18)14-7-12(21)8-22-17(14)32-3/h7-9H,4-6H2,1-3H3. The van der Waals surface area contributed by atoms with Gasteiger partial charge >= 0.3 is 11.6 Å². The SMILES string of the molecule is COc1ncc(F)cc1-n1nc(OCCCn2nc(C)c3cnc(Cl)nc32)c([N+](=O)[O-])c1C. The van der Waals surface area contributed by atoms with Crippen molar-refractivity contribution in [2.45, 2.75) is 26.8 Å². The van der Waals surface area contributed by atoms with Crippen molar-refractivity contribution in [3.63, 3.8) is 0 Å². The minimum atomic E-state index is -0.642. The third-order valence-corrected chi connectivity index (χ3v) is 5.04. The largest absolute Gasteiger partial charge is 0.479 e. The average molecular weight is 477 g/mol. The minimum Gasteiger partial charge on any atom is -0.479 e. The smallest absolute Gasteiger partial charge is 0.353 e. The molecule has 0 bridgehead atoms. The number of halogens is 2. The Morgan fingerprint density at radius 3 is 2.73 bits per heavy atom. The molecule has 0 spiro atoms. The van der Waals surface area contributed by atoms with E-state index in [1.165, 1.54) is 18.7 Å². The summed E-state index contributed by atoms with van der Waals surface area (Å²) in [4.78, 5) is 23.1. The molecule has 14 heteroatoms. The van der Waals surface area contributed by atoms with Crippen LogP contribution in [-0.4, -0.2) is 53.2 Å². The van der Waals surface area contributed by atoms with E-state index < -0.39 is 10.7 Å². The van der Waals surface area contributed by atoms with Crippen molar-refractivity contribution in [2.24, 2.45) is 0 Å². The van der Waals surface area contributed by atoms with Gasteiger partial charge in [0.05, 0.1) is 35.9 Å². The van der Waals surface area contributed by atoms with Gasteiger partial charge in [0.25, 0.3) is 0 Å². The highest BCUT2D eigenvalue weighted by Gasteiger charge is 2.29. The van der Waals surface area contributed by atoms with E-state index in [0.717, 1.165) is 23.3 Å². The van der Waals surface area contributed by atoms with E-state index in [1.807, 2.05) is 6.92 Å². The van der Waals surface area contributed by atoms with Gasteiger partial charge in [0.2, 0.25) is 11.2 Å². The van der Waals surface area contributed by atoms with Gasteiger partial charge in [-0.25, -0.2) is 23.7 Å². The second-order valence-electron chi connectivity index (χ2n) is 6.98. The van der Waals surface area contributed by atoms with Crippen LogP contribution in [0.1, 0.15) is 17.8 Å². The van der Waals surface area contributed by atoms with Crippen molar-refractivity contribution in [2.75, 3.05) is 13.7 Å². The van der Waals surface area contributed by atoms with Crippen LogP contribution in [0.15, 0.2) is 18.5 Å². The summed E-state index contributed by atoms with van der Waals surface area (Å²) in [6.07, 6.45) is 3.03. The van der Waals surface area contributed by atoms with Gasteiger partial charge < -0.3 is 9.47 Å². The molecular weight excluding hydrogens is 459 g/mol. The van der Waals surface area contributed by atoms with E-state index in [-0.39, 0.29) is 40.7 Å². The van der Waals surface area contributed by atoms with E-state index in [0.29, 0.717) is 18.6 Å². The molecule has 4 aromatic rings. The number of aromatic nitrogens is 7. The molecule has 172 valence electrons. The number of rotatable bonds is 8. The van der Waals surface area contributed by atoms with Crippen LogP contribution in [0, 0.1) is 29.8 Å². The number of hydrogen-bond acceptors (Lipinski definition) is 9. The molecule has 0 aliphatic carbocycles. The predicted octanol–water partition coefficient (Wildman–Crippen LogP) is 3.20. The molecule has 4 aromatic heterocycles. The normalized spacial score (nSPS) is 11.2. The van der Waals surface area contributed by atoms with Crippen LogP contribution < -0.4 is 9.47 Å². The Morgan fingerprint density at radius 1 is 1.21 bits per heavy atom. The zero-order valence-corrected chi connectivity index (χ0v) is 18.6. The van der Waals surface area contributed by atoms with Gasteiger partial charge in [-0.15, -0.1) is 5.10 Å². The Bertz CT molecular complexity index is 1360. The average Bonchev–Trinajstić information content (AvgIpc) is 3.27. The van der Waals surface area contributed by atoms with Crippen LogP contribution in [0.2, 0.25) is 5.28 Å². The Kier molecular flexibility index (Phi) is 6.05. The lowest BCUT2D eigenvalue weighted by Gasteiger charge is -2.08. The summed E-state index contributed by atoms with van der Waals surface area (Å²) in [6.45, 7) is 3.84. The van der Waals surface area contributed by atoms with Crippen LogP contribution in [0.25, 0.3) is 16.7 Å². The molecule has 0 fully saturated rings. The summed E-state index contributed by atoms with van der Waals surface area (Å²) in [5.41, 5.74) is 1.26. The van der Waals surface area contributed by atoms with E-state index in [4.69, 9.17) is 21.1 Å². The Labute approximate surface area is 191 Å². The van der Waals surface area contributed by atoms with Crippen molar-refractivity contribution >= 4 is 28.3 Å². The third kappa shape index (κ3) is 4.26. The van der Waals surface area contributed by atoms with E-state index in [2.05, 4.69) is 25.1 Å². The lowest BCUT2D eigenvalue weighted by Crippen LogP contribution is -2.08. The van der Waals surface area contributed by atoms with Crippen LogP contribution in [0.3, 0.4) is 0 Å². The number of hydrogen-bond donors (Lipinski definition) is 0. The van der Waals surface area contributed by atoms with Gasteiger partial charge in [-0.3, -0.25) is 10.1 Å². The van der Waals surface area contributed by atoms with Crippen LogP contribution in [0.4, 0.5) is 10.1 Å². The first-order valence-electron chi connectivity index (χ1n) is 9.72. The van der Waals surface area contributed by atoms with Gasteiger partial charge in [-0.2, -0.15) is 10.1 Å². The predicted molar refractivity (Wildman–Crippen MR) is 114 cm³/mol. The molecule has 0 atom stereocenters. The highest BCUT2D eigenvalue weighted by atomic mass is 35.5. The van der Waals surface area contributed by atoms with Gasteiger partial charge in [0, 0.05) is 25.2 Å². The monoisotopic (exact) mass is 476 g/mol. The molecule has 0 N–H and O–H groups in total. The number of methoxy groups -OCH3 is 1. The molecule has 0 saturated carbocycles. The summed E-state index contributed by atoms with van der Waals surface area (Å²) in [5.74, 6) is -0.780. The van der Waals surface area contributed by atoms with Crippen LogP contribution in [-0.2, 0) is 6.54 Å². The first-order valence-corrected chi connectivity index (χ1v) is 10.1. The fourth-order valence-corrected chi connectivity index (χ4v) is 3.49. The van der Waals surface area contributed by atoms with E-state index in [1.54, 1.807) is 10.9 Å². The topological polar surface area (TPSA) is 136 Å². The summed E-state index contributed by atoms with van der Waals surface area (Å²) >= 11 is 5.89. The second kappa shape index (κ2) is 8.94. The molecular formula is C19H18ClFN8O4. The maximum atomic E-state index is 13.8. The molecule has 0 aliphatic heterocycles. The Hall–Kier alpha value is -3.87. The first-order chi connectivity index (χ1) is 15.8. The number of nitro groups is 1. The Morgan fingerprint density at radius 2 is 2.00 bits per heavy atom. The highest BCUT2D eigenvalue weighted by molar-refractivity contribution is 6.28. The zero-order valence-electron chi connectivity index (χ0n) is 17.8. The fourth-order valence-electron chi connectivity index (χ4n) is 3.36. The summed E-state index contributed by atoms with van der Waals surface area (Å²) in [5, 5.41) is 21.1. The number of fused-ring (bicyclic) bond motifs is 1. The van der Waals surface area contributed by atoms with E-state index >= 15 is 0 Å². The van der Waals surface area contributed by atoms with Crippen molar-refractivity contribution < 1.29 is 18.8 Å². The highest BCUT2D eigenvalue weighted by Crippen LogP contribution is 2.33. The van der Waals surface area contributed by atoms with Gasteiger partial charge in [0.15, 0.2) is 5.65 Å². The molecule has 4 heterocycles. The van der Waals surface area contributed by atoms with Crippen molar-refractivity contribution in [3.05, 3.63) is 51.1 Å². The molecule has 0 unspecified atom stereocenters. The van der Waals surface area contributed by atoms with Crippen molar-refractivity contribution in [3.8, 4) is 17.4 Å². The molecule has 0 aliphatic rings. The first kappa shape index (κ1) is 22.3. The molecule has 0 aromatic carbocycles. The van der Waals surface area contributed by atoms with Crippen LogP contribution >= 0.6 is 11.6 Å². The lowest BCUT2D eigenvalue weighted by molar-refractivity contribution is -0.386. The van der Waals surface area contributed by atoms with E-state index in [9.17, 15) is 14.5 Å². The quantitative estimate of drug-likeness (QED) is 0.162. The number of nitrogens with zero attached hydrogens (tertiary/aromatic N) is 8. The minimum absolute atomic E-state index is 0.0602. The number of ether oxygens (including phenoxy) is 2. The Balaban J connectivity index is 1.55. The van der Waals surface area contributed by atoms with Gasteiger partial charge in [-0.05, 0) is 25.4 Å². The molecule has 33 heavy (non-hydrogen) atoms. The molecule has 4 rings (SSSR count). The zero-order chi connectivity index (χ0) is 23.7. The number of pyridine rings is 1. The summed E-state index contributed by atoms with van der Waals surface area (Å²) in [6, 6.07) is 1.12. The molecule has 0 saturated heterocycles. The second-order valence-corrected chi connectivity index (χ2v) is 7.31. The van der Waals surface area contributed by atoms with Crippen LogP contribution in [0.5, 0.6) is 11.8 Å². The maximum Gasteiger partial charge on any atom is 0.353 e. The lowest BCUT2D eigenvalue weighted by atomic mass is 10.3. The van der Waals surface area contributed by atoms with Crippen molar-refractivity contribution in [1.29, 1.82) is 0 Å². The summed E-state index contributed by atoms with van der Waals surface area (Å²) in [7, 11) is 1.35. The fraction of sp³-hybridized carbons (Fsp3) is 0.316. The molecule has 12 nitrogen and oxygen atoms in total. The summed E-state index contributed by atoms with van der Waals surface area (Å²) < 4.78 is 27.4. The molecule has 0 radical (unpaired) electrons. The van der Waals surface area contributed by atoms with Gasteiger partial charge in [-0.1, -0.05) is 0 Å². The number of aryl methyl sites for hydroxylation is 2. The molecule has 0 amide bonds. The third-order valence-electron chi connectivity index (χ3n) is 4.85. The maximum absolute atomic E-state index is 13.8. The van der Waals surface area contributed by atoms with Crippen molar-refractivity contribution in [1.82, 2.24) is 34.5 Å².